The maximum atomic E-state index is 14.2. The van der Waals surface area contributed by atoms with Crippen LogP contribution in [0.4, 0.5) is 8.78 Å². The van der Waals surface area contributed by atoms with Gasteiger partial charge in [-0.25, -0.2) is 8.42 Å². The zero-order valence-corrected chi connectivity index (χ0v) is 30.4. The lowest BCUT2D eigenvalue weighted by Gasteiger charge is -2.49. The average molecular weight is 947 g/mol. The summed E-state index contributed by atoms with van der Waals surface area (Å²) < 4.78 is 74.7. The lowest BCUT2D eigenvalue weighted by Crippen LogP contribution is -2.49. The number of alkyl halides is 2. The first-order chi connectivity index (χ1) is 19.9. The molecule has 43 heavy (non-hydrogen) atoms. The van der Waals surface area contributed by atoms with E-state index in [0.29, 0.717) is 12.9 Å². The number of ether oxygens (including phenoxy) is 2. The van der Waals surface area contributed by atoms with Gasteiger partial charge in [0.1, 0.15) is 0 Å². The largest absolute Gasteiger partial charge is 0.743 e. The summed E-state index contributed by atoms with van der Waals surface area (Å²) >= 11 is 6.26. The van der Waals surface area contributed by atoms with Crippen molar-refractivity contribution in [2.75, 3.05) is 6.61 Å². The highest BCUT2D eigenvalue weighted by Crippen LogP contribution is 2.60. The molecule has 0 radical (unpaired) electrons. The Labute approximate surface area is 288 Å². The van der Waals surface area contributed by atoms with Crippen molar-refractivity contribution in [1.29, 1.82) is 0 Å². The Balaban J connectivity index is 1.70. The molecule has 0 fully saturated rings. The molecule has 228 valence electrons. The van der Waals surface area contributed by atoms with Crippen LogP contribution in [0.15, 0.2) is 36.4 Å². The molecule has 3 aromatic carbocycles. The van der Waals surface area contributed by atoms with E-state index >= 15 is 0 Å². The molecule has 0 saturated carbocycles. The summed E-state index contributed by atoms with van der Waals surface area (Å²) in [6.07, 6.45) is 0. The fourth-order valence-electron chi connectivity index (χ4n) is 6.01. The average Bonchev–Trinajstić information content (AvgIpc) is 2.89. The Kier molecular flexibility index (Phi) is 8.99. The quantitative estimate of drug-likeness (QED) is 0.115. The van der Waals surface area contributed by atoms with Crippen molar-refractivity contribution >= 4 is 89.8 Å². The topological polar surface area (TPSA) is 110 Å². The zero-order chi connectivity index (χ0) is 31.8. The highest BCUT2D eigenvalue weighted by Gasteiger charge is 2.57. The third-order valence-electron chi connectivity index (χ3n) is 8.30. The van der Waals surface area contributed by atoms with Gasteiger partial charge in [-0.05, 0) is 152 Å². The van der Waals surface area contributed by atoms with Gasteiger partial charge in [0.05, 0.1) is 19.0 Å². The van der Waals surface area contributed by atoms with Gasteiger partial charge < -0.3 is 14.0 Å². The Morgan fingerprint density at radius 3 is 1.51 bits per heavy atom. The van der Waals surface area contributed by atoms with Crippen molar-refractivity contribution in [3.05, 3.63) is 91.6 Å². The number of hydrogen-bond donors (Lipinski definition) is 0. The molecular formula is C30H24F2I3O7S-. The molecule has 0 amide bonds. The number of esters is 2. The van der Waals surface area contributed by atoms with E-state index in [-0.39, 0.29) is 0 Å². The van der Waals surface area contributed by atoms with Gasteiger partial charge in [-0.1, -0.05) is 24.3 Å². The van der Waals surface area contributed by atoms with E-state index in [2.05, 4.69) is 67.8 Å². The fourth-order valence-corrected chi connectivity index (χ4v) is 10.0. The number of carbonyl (C=O) groups excluding carboxylic acids is 2. The number of carbonyl (C=O) groups is 2. The van der Waals surface area contributed by atoms with E-state index in [1.165, 1.54) is 0 Å². The lowest BCUT2D eigenvalue weighted by atomic mass is 9.53. The van der Waals surface area contributed by atoms with Gasteiger partial charge in [-0.3, -0.25) is 9.59 Å². The Bertz CT molecular complexity index is 1730. The summed E-state index contributed by atoms with van der Waals surface area (Å²) in [4.78, 5) is 28.0. The minimum absolute atomic E-state index is 0.310. The van der Waals surface area contributed by atoms with Crippen molar-refractivity contribution in [2.45, 2.75) is 44.8 Å². The van der Waals surface area contributed by atoms with Crippen molar-refractivity contribution in [3.63, 3.8) is 0 Å². The number of hydrogen-bond acceptors (Lipinski definition) is 7. The minimum atomic E-state index is -6.10. The van der Waals surface area contributed by atoms with E-state index < -0.39 is 57.6 Å². The second-order valence-corrected chi connectivity index (χ2v) is 16.0. The number of halogens is 5. The molecule has 2 atom stereocenters. The summed E-state index contributed by atoms with van der Waals surface area (Å²) in [6, 6.07) is 11.5. The number of fused-ring (bicyclic) bond motifs is 1. The molecule has 2 unspecified atom stereocenters. The molecule has 0 N–H and O–H groups in total. The fraction of sp³-hybridized carbons (Fsp3) is 0.333. The summed E-state index contributed by atoms with van der Waals surface area (Å²) in [7, 11) is -6.10. The molecule has 3 aliphatic carbocycles. The molecule has 2 bridgehead atoms. The van der Waals surface area contributed by atoms with Crippen LogP contribution in [0.25, 0.3) is 0 Å². The molecule has 6 rings (SSSR count). The van der Waals surface area contributed by atoms with Gasteiger partial charge in [0.25, 0.3) is 0 Å². The molecular weight excluding hydrogens is 923 g/mol. The number of benzene rings is 3. The van der Waals surface area contributed by atoms with Crippen LogP contribution in [0.5, 0.6) is 5.75 Å². The van der Waals surface area contributed by atoms with Gasteiger partial charge in [-0.15, -0.1) is 0 Å². The van der Waals surface area contributed by atoms with Crippen molar-refractivity contribution in [2.24, 2.45) is 11.8 Å². The molecule has 0 aliphatic heterocycles. The predicted molar refractivity (Wildman–Crippen MR) is 178 cm³/mol. The van der Waals surface area contributed by atoms with Crippen molar-refractivity contribution in [3.8, 4) is 5.75 Å². The lowest BCUT2D eigenvalue weighted by molar-refractivity contribution is -0.163. The van der Waals surface area contributed by atoms with E-state index in [1.807, 2.05) is 64.1 Å². The summed E-state index contributed by atoms with van der Waals surface area (Å²) in [5.41, 5.74) is 7.01. The van der Waals surface area contributed by atoms with E-state index in [0.717, 1.165) is 48.1 Å². The van der Waals surface area contributed by atoms with Gasteiger partial charge in [0.15, 0.2) is 22.5 Å². The van der Waals surface area contributed by atoms with Gasteiger partial charge in [0.2, 0.25) is 0 Å². The molecule has 7 nitrogen and oxygen atoms in total. The van der Waals surface area contributed by atoms with Crippen LogP contribution in [-0.2, 0) is 24.4 Å². The highest BCUT2D eigenvalue weighted by atomic mass is 127. The Morgan fingerprint density at radius 1 is 0.767 bits per heavy atom. The third kappa shape index (κ3) is 5.85. The Hall–Kier alpha value is -1.44. The van der Waals surface area contributed by atoms with Crippen molar-refractivity contribution in [1.82, 2.24) is 0 Å². The van der Waals surface area contributed by atoms with Crippen LogP contribution < -0.4 is 4.74 Å². The standard InChI is InChI=1S/C30H25F2I3O7S/c1-12-5-17-19(7-14(12)3)24-20-8-15(4)13(2)6-18(20)23(17)25(28(36)41-11-30(31,32)43(38,39)40)26(24)29(37)42-27-21(34)9-16(33)10-22(27)35/h5-10,23-26H,11H2,1-4H3,(H,38,39,40)/p-1. The summed E-state index contributed by atoms with van der Waals surface area (Å²) in [5, 5.41) is -4.84. The maximum absolute atomic E-state index is 14.2. The Morgan fingerprint density at radius 2 is 1.14 bits per heavy atom. The first-order valence-electron chi connectivity index (χ1n) is 13.0. The molecule has 0 aromatic heterocycles. The first kappa shape index (κ1) is 32.9. The summed E-state index contributed by atoms with van der Waals surface area (Å²) in [5.74, 6) is -5.61. The van der Waals surface area contributed by atoms with Crippen LogP contribution in [0.3, 0.4) is 0 Å². The molecule has 3 aromatic rings. The van der Waals surface area contributed by atoms with Gasteiger partial charge in [-0.2, -0.15) is 8.78 Å². The van der Waals surface area contributed by atoms with Crippen molar-refractivity contribution < 1.29 is 40.8 Å². The number of rotatable bonds is 6. The SMILES string of the molecule is Cc1cc2c(cc1C)C1c3cc(C)c(C)cc3C2C(C(=O)OCC(F)(F)S(=O)(=O)[O-])C1C(=O)Oc1c(I)cc(I)cc1I. The van der Waals surface area contributed by atoms with E-state index in [9.17, 15) is 31.3 Å². The van der Waals surface area contributed by atoms with Crippen LogP contribution in [0.2, 0.25) is 0 Å². The number of aryl methyl sites for hydroxylation is 4. The molecule has 13 heteroatoms. The van der Waals surface area contributed by atoms with E-state index in [4.69, 9.17) is 9.47 Å². The minimum Gasteiger partial charge on any atom is -0.743 e. The third-order valence-corrected chi connectivity index (χ3v) is 11.4. The van der Waals surface area contributed by atoms with Crippen LogP contribution in [0, 0.1) is 50.2 Å². The monoisotopic (exact) mass is 947 g/mol. The zero-order valence-electron chi connectivity index (χ0n) is 23.1. The van der Waals surface area contributed by atoms with Gasteiger partial charge in [0, 0.05) is 15.4 Å². The molecule has 0 saturated heterocycles. The van der Waals surface area contributed by atoms with Gasteiger partial charge >= 0.3 is 17.2 Å². The van der Waals surface area contributed by atoms with E-state index in [1.54, 1.807) is 0 Å². The normalized spacial score (nSPS) is 20.8. The first-order valence-corrected chi connectivity index (χ1v) is 17.7. The molecule has 0 spiro atoms. The second-order valence-electron chi connectivity index (χ2n) is 11.0. The van der Waals surface area contributed by atoms with Crippen LogP contribution in [0.1, 0.15) is 56.3 Å². The maximum Gasteiger partial charge on any atom is 0.367 e. The van der Waals surface area contributed by atoms with Crippen LogP contribution in [-0.4, -0.2) is 36.8 Å². The molecule has 3 aliphatic rings. The molecule has 0 heterocycles. The predicted octanol–water partition coefficient (Wildman–Crippen LogP) is 6.84. The smallest absolute Gasteiger partial charge is 0.367 e. The van der Waals surface area contributed by atoms with Crippen LogP contribution >= 0.6 is 67.8 Å². The second kappa shape index (κ2) is 11.7. The highest BCUT2D eigenvalue weighted by molar-refractivity contribution is 14.1. The summed E-state index contributed by atoms with van der Waals surface area (Å²) in [6.45, 7) is 5.76.